The summed E-state index contributed by atoms with van der Waals surface area (Å²) in [6.45, 7) is 7.45. The van der Waals surface area contributed by atoms with Gasteiger partial charge in [-0.3, -0.25) is 4.68 Å². The Balaban J connectivity index is 1.37. The van der Waals surface area contributed by atoms with Gasteiger partial charge in [0.15, 0.2) is 11.6 Å². The van der Waals surface area contributed by atoms with Crippen molar-refractivity contribution in [3.8, 4) is 0 Å². The predicted molar refractivity (Wildman–Crippen MR) is 103 cm³/mol. The molecule has 6 nitrogen and oxygen atoms in total. The molecule has 6 heteroatoms. The lowest BCUT2D eigenvalue weighted by Crippen LogP contribution is -2.22. The second-order valence-corrected chi connectivity index (χ2v) is 7.71. The molecule has 2 aliphatic rings. The van der Waals surface area contributed by atoms with E-state index in [0.29, 0.717) is 0 Å². The summed E-state index contributed by atoms with van der Waals surface area (Å²) in [4.78, 5) is 5.15. The molecule has 2 aromatic rings. The molecule has 0 unspecified atom stereocenters. The first kappa shape index (κ1) is 17.7. The summed E-state index contributed by atoms with van der Waals surface area (Å²) in [5, 5.41) is 9.09. The first-order valence-corrected chi connectivity index (χ1v) is 10.4. The minimum absolute atomic E-state index is 0.994. The molecule has 142 valence electrons. The van der Waals surface area contributed by atoms with Crippen molar-refractivity contribution in [2.75, 3.05) is 39.3 Å². The Morgan fingerprint density at radius 1 is 0.692 bits per heavy atom. The van der Waals surface area contributed by atoms with Crippen LogP contribution in [0.3, 0.4) is 0 Å². The van der Waals surface area contributed by atoms with Gasteiger partial charge in [0.1, 0.15) is 0 Å². The van der Waals surface area contributed by atoms with E-state index in [0.717, 1.165) is 37.3 Å². The lowest BCUT2D eigenvalue weighted by Gasteiger charge is -2.16. The Labute approximate surface area is 156 Å². The molecule has 4 rings (SSSR count). The van der Waals surface area contributed by atoms with Crippen LogP contribution in [-0.4, -0.2) is 68.6 Å². The third-order valence-electron chi connectivity index (χ3n) is 5.74. The standard InChI is InChI=1S/C20H32N6/c1-2-12-23(11-1)15-7-9-19-21-22-20(26(19)25-17-5-6-18-25)10-8-16-24-13-3-4-14-24/h5-6,17-18H,1-4,7-16H2. The Morgan fingerprint density at radius 3 is 1.62 bits per heavy atom. The molecule has 2 fully saturated rings. The highest BCUT2D eigenvalue weighted by atomic mass is 15.5. The molecule has 2 aliphatic heterocycles. The molecule has 0 atom stereocenters. The molecule has 0 bridgehead atoms. The highest BCUT2D eigenvalue weighted by molar-refractivity contribution is 5.02. The van der Waals surface area contributed by atoms with Crippen LogP contribution >= 0.6 is 0 Å². The maximum Gasteiger partial charge on any atom is 0.153 e. The number of aryl methyl sites for hydroxylation is 2. The molecule has 0 saturated carbocycles. The van der Waals surface area contributed by atoms with Gasteiger partial charge in [-0.2, -0.15) is 0 Å². The molecule has 0 spiro atoms. The largest absolute Gasteiger partial charge is 0.303 e. The first-order chi connectivity index (χ1) is 12.9. The molecule has 0 aromatic carbocycles. The molecule has 0 aliphatic carbocycles. The lowest BCUT2D eigenvalue weighted by atomic mass is 10.2. The number of nitrogens with zero attached hydrogens (tertiary/aromatic N) is 6. The van der Waals surface area contributed by atoms with E-state index in [1.165, 1.54) is 65.0 Å². The Hall–Kier alpha value is -1.66. The van der Waals surface area contributed by atoms with Crippen molar-refractivity contribution in [2.24, 2.45) is 0 Å². The van der Waals surface area contributed by atoms with Crippen molar-refractivity contribution in [1.82, 2.24) is 29.3 Å². The number of hydrogen-bond donors (Lipinski definition) is 0. The third kappa shape index (κ3) is 4.35. The normalized spacial score (nSPS) is 18.9. The molecule has 2 saturated heterocycles. The zero-order valence-electron chi connectivity index (χ0n) is 15.9. The van der Waals surface area contributed by atoms with Gasteiger partial charge in [-0.25, -0.2) is 4.68 Å². The fourth-order valence-corrected chi connectivity index (χ4v) is 4.32. The fourth-order valence-electron chi connectivity index (χ4n) is 4.32. The molecule has 0 amide bonds. The smallest absolute Gasteiger partial charge is 0.153 e. The van der Waals surface area contributed by atoms with Crippen LogP contribution < -0.4 is 0 Å². The van der Waals surface area contributed by atoms with E-state index >= 15 is 0 Å². The van der Waals surface area contributed by atoms with Gasteiger partial charge in [0.2, 0.25) is 0 Å². The van der Waals surface area contributed by atoms with Crippen LogP contribution in [0.25, 0.3) is 0 Å². The first-order valence-electron chi connectivity index (χ1n) is 10.4. The van der Waals surface area contributed by atoms with Crippen LogP contribution in [-0.2, 0) is 12.8 Å². The van der Waals surface area contributed by atoms with E-state index in [1.807, 2.05) is 0 Å². The van der Waals surface area contributed by atoms with Gasteiger partial charge in [-0.05, 0) is 89.9 Å². The maximum atomic E-state index is 4.55. The second-order valence-electron chi connectivity index (χ2n) is 7.71. The van der Waals surface area contributed by atoms with E-state index in [4.69, 9.17) is 0 Å². The predicted octanol–water partition coefficient (Wildman–Crippen LogP) is 2.45. The summed E-state index contributed by atoms with van der Waals surface area (Å²) in [5.74, 6) is 2.19. The number of aromatic nitrogens is 4. The van der Waals surface area contributed by atoms with Gasteiger partial charge in [-0.15, -0.1) is 10.2 Å². The summed E-state index contributed by atoms with van der Waals surface area (Å²) < 4.78 is 4.37. The van der Waals surface area contributed by atoms with Crippen molar-refractivity contribution < 1.29 is 0 Å². The van der Waals surface area contributed by atoms with Gasteiger partial charge in [0.25, 0.3) is 0 Å². The SMILES string of the molecule is c1ccn(-n2c(CCCN3CCCC3)nnc2CCCN2CCCC2)c1. The highest BCUT2D eigenvalue weighted by Crippen LogP contribution is 2.13. The van der Waals surface area contributed by atoms with Gasteiger partial charge in [0.05, 0.1) is 0 Å². The summed E-state index contributed by atoms with van der Waals surface area (Å²) in [7, 11) is 0. The number of likely N-dealkylation sites (tertiary alicyclic amines) is 2. The van der Waals surface area contributed by atoms with Crippen LogP contribution in [0.15, 0.2) is 24.5 Å². The van der Waals surface area contributed by atoms with E-state index in [2.05, 4.69) is 53.9 Å². The average Bonchev–Trinajstić information content (AvgIpc) is 3.44. The van der Waals surface area contributed by atoms with Crippen molar-refractivity contribution in [3.63, 3.8) is 0 Å². The molecule has 2 aromatic heterocycles. The molecule has 4 heterocycles. The van der Waals surface area contributed by atoms with E-state index in [9.17, 15) is 0 Å². The van der Waals surface area contributed by atoms with Gasteiger partial charge >= 0.3 is 0 Å². The monoisotopic (exact) mass is 356 g/mol. The molecular formula is C20H32N6. The summed E-state index contributed by atoms with van der Waals surface area (Å²) in [6, 6.07) is 4.14. The number of rotatable bonds is 9. The summed E-state index contributed by atoms with van der Waals surface area (Å²) in [5.41, 5.74) is 0. The maximum absolute atomic E-state index is 4.55. The quantitative estimate of drug-likeness (QED) is 0.692. The second kappa shape index (κ2) is 8.82. The van der Waals surface area contributed by atoms with E-state index in [-0.39, 0.29) is 0 Å². The van der Waals surface area contributed by atoms with Crippen LogP contribution in [0.1, 0.15) is 50.2 Å². The molecule has 26 heavy (non-hydrogen) atoms. The minimum atomic E-state index is 0.994. The van der Waals surface area contributed by atoms with Crippen molar-refractivity contribution in [1.29, 1.82) is 0 Å². The molecule has 0 radical (unpaired) electrons. The zero-order chi connectivity index (χ0) is 17.6. The highest BCUT2D eigenvalue weighted by Gasteiger charge is 2.16. The fraction of sp³-hybridized carbons (Fsp3) is 0.700. The lowest BCUT2D eigenvalue weighted by molar-refractivity contribution is 0.330. The molecule has 0 N–H and O–H groups in total. The Morgan fingerprint density at radius 2 is 1.15 bits per heavy atom. The van der Waals surface area contributed by atoms with Crippen molar-refractivity contribution >= 4 is 0 Å². The van der Waals surface area contributed by atoms with Crippen LogP contribution in [0.4, 0.5) is 0 Å². The number of hydrogen-bond acceptors (Lipinski definition) is 4. The molecular weight excluding hydrogens is 324 g/mol. The van der Waals surface area contributed by atoms with Gasteiger partial charge in [-0.1, -0.05) is 0 Å². The van der Waals surface area contributed by atoms with Crippen molar-refractivity contribution in [2.45, 2.75) is 51.4 Å². The topological polar surface area (TPSA) is 42.1 Å². The van der Waals surface area contributed by atoms with Crippen molar-refractivity contribution in [3.05, 3.63) is 36.2 Å². The van der Waals surface area contributed by atoms with E-state index < -0.39 is 0 Å². The summed E-state index contributed by atoms with van der Waals surface area (Å²) in [6.07, 6.45) is 13.9. The Kier molecular flexibility index (Phi) is 6.02. The Bertz CT molecular complexity index is 610. The van der Waals surface area contributed by atoms with E-state index in [1.54, 1.807) is 0 Å². The van der Waals surface area contributed by atoms with Gasteiger partial charge < -0.3 is 9.80 Å². The minimum Gasteiger partial charge on any atom is -0.303 e. The van der Waals surface area contributed by atoms with Gasteiger partial charge in [0, 0.05) is 25.2 Å². The van der Waals surface area contributed by atoms with Crippen LogP contribution in [0.2, 0.25) is 0 Å². The average molecular weight is 357 g/mol. The van der Waals surface area contributed by atoms with Crippen LogP contribution in [0, 0.1) is 0 Å². The summed E-state index contributed by atoms with van der Waals surface area (Å²) >= 11 is 0. The van der Waals surface area contributed by atoms with Crippen LogP contribution in [0.5, 0.6) is 0 Å². The third-order valence-corrected chi connectivity index (χ3v) is 5.74. The zero-order valence-corrected chi connectivity index (χ0v) is 15.9.